The molecule has 27 heavy (non-hydrogen) atoms. The number of guanidine groups is 1. The molecule has 0 spiro atoms. The molecule has 0 atom stereocenters. The first-order chi connectivity index (χ1) is 12.7. The summed E-state index contributed by atoms with van der Waals surface area (Å²) < 4.78 is 5.37. The predicted octanol–water partition coefficient (Wildman–Crippen LogP) is 2.33. The summed E-state index contributed by atoms with van der Waals surface area (Å²) in [5, 5.41) is 3.48. The van der Waals surface area contributed by atoms with E-state index in [1.54, 1.807) is 0 Å². The highest BCUT2D eigenvalue weighted by atomic mass is 127. The van der Waals surface area contributed by atoms with Crippen molar-refractivity contribution >= 4 is 35.8 Å². The summed E-state index contributed by atoms with van der Waals surface area (Å²) in [5.74, 6) is 2.52. The molecular weight excluding hydrogens is 455 g/mol. The molecule has 0 radical (unpaired) electrons. The number of rotatable bonds is 5. The van der Waals surface area contributed by atoms with Gasteiger partial charge in [-0.1, -0.05) is 0 Å². The lowest BCUT2D eigenvalue weighted by Gasteiger charge is -2.37. The van der Waals surface area contributed by atoms with Crippen molar-refractivity contribution in [3.05, 3.63) is 0 Å². The minimum absolute atomic E-state index is 0. The second-order valence-corrected chi connectivity index (χ2v) is 8.51. The number of halogens is 1. The average molecular weight is 490 g/mol. The van der Waals surface area contributed by atoms with Crippen LogP contribution in [0.2, 0.25) is 0 Å². The normalized spacial score (nSPS) is 25.7. The van der Waals surface area contributed by atoms with Gasteiger partial charge in [0.25, 0.3) is 0 Å². The van der Waals surface area contributed by atoms with E-state index < -0.39 is 0 Å². The van der Waals surface area contributed by atoms with E-state index in [0.29, 0.717) is 24.5 Å². The van der Waals surface area contributed by atoms with Crippen LogP contribution in [0.15, 0.2) is 4.99 Å². The molecule has 2 aliphatic heterocycles. The van der Waals surface area contributed by atoms with Crippen LogP contribution in [0, 0.1) is 17.3 Å². The van der Waals surface area contributed by atoms with Gasteiger partial charge in [0, 0.05) is 45.2 Å². The summed E-state index contributed by atoms with van der Waals surface area (Å²) in [7, 11) is 0. The van der Waals surface area contributed by atoms with E-state index in [1.807, 2.05) is 4.90 Å². The Morgan fingerprint density at radius 2 is 1.74 bits per heavy atom. The van der Waals surface area contributed by atoms with E-state index in [0.717, 1.165) is 64.0 Å². The van der Waals surface area contributed by atoms with E-state index in [9.17, 15) is 4.79 Å². The van der Waals surface area contributed by atoms with Gasteiger partial charge in [0.15, 0.2) is 5.96 Å². The summed E-state index contributed by atoms with van der Waals surface area (Å²) in [6.45, 7) is 8.78. The molecule has 2 aliphatic carbocycles. The number of amides is 1. The molecule has 0 aromatic rings. The van der Waals surface area contributed by atoms with E-state index >= 15 is 0 Å². The number of nitrogens with zero attached hydrogens (tertiary/aromatic N) is 3. The average Bonchev–Trinajstić information content (AvgIpc) is 3.59. The molecule has 4 aliphatic rings. The fourth-order valence-electron chi connectivity index (χ4n) is 4.59. The second kappa shape index (κ2) is 9.29. The van der Waals surface area contributed by atoms with Gasteiger partial charge in [0.2, 0.25) is 5.91 Å². The number of carbonyl (C=O) groups excluding carboxylic acids is 1. The first-order valence-corrected chi connectivity index (χ1v) is 10.6. The third-order valence-corrected chi connectivity index (χ3v) is 6.68. The van der Waals surface area contributed by atoms with Crippen LogP contribution in [0.5, 0.6) is 0 Å². The van der Waals surface area contributed by atoms with Gasteiger partial charge in [-0.3, -0.25) is 9.79 Å². The highest BCUT2D eigenvalue weighted by Crippen LogP contribution is 2.61. The van der Waals surface area contributed by atoms with E-state index in [-0.39, 0.29) is 29.9 Å². The van der Waals surface area contributed by atoms with Gasteiger partial charge in [-0.25, -0.2) is 0 Å². The first kappa shape index (κ1) is 21.1. The van der Waals surface area contributed by atoms with Crippen molar-refractivity contribution < 1.29 is 9.53 Å². The standard InChI is InChI=1S/C20H34N4O2.HI/c1-2-21-19(22-15-20(7-8-20)17-3-4-17)24-9-5-16(6-10-24)18(25)23-11-13-26-14-12-23;/h16-17H,2-15H2,1H3,(H,21,22);1H. The smallest absolute Gasteiger partial charge is 0.225 e. The molecule has 154 valence electrons. The van der Waals surface area contributed by atoms with Crippen LogP contribution in [0.25, 0.3) is 0 Å². The third kappa shape index (κ3) is 5.08. The maximum Gasteiger partial charge on any atom is 0.225 e. The van der Waals surface area contributed by atoms with Crippen molar-refractivity contribution in [2.24, 2.45) is 22.2 Å². The number of hydrogen-bond acceptors (Lipinski definition) is 3. The Hall–Kier alpha value is -0.570. The molecule has 1 amide bonds. The molecule has 4 rings (SSSR count). The van der Waals surface area contributed by atoms with Crippen LogP contribution in [-0.4, -0.2) is 74.1 Å². The van der Waals surface area contributed by atoms with Crippen molar-refractivity contribution in [2.75, 3.05) is 52.5 Å². The lowest BCUT2D eigenvalue weighted by atomic mass is 9.95. The number of nitrogens with one attached hydrogen (secondary N) is 1. The maximum absolute atomic E-state index is 12.7. The van der Waals surface area contributed by atoms with Crippen LogP contribution in [0.4, 0.5) is 0 Å². The summed E-state index contributed by atoms with van der Waals surface area (Å²) in [5.41, 5.74) is 0.547. The third-order valence-electron chi connectivity index (χ3n) is 6.68. The topological polar surface area (TPSA) is 57.2 Å². The highest BCUT2D eigenvalue weighted by molar-refractivity contribution is 14.0. The summed E-state index contributed by atoms with van der Waals surface area (Å²) in [6.07, 6.45) is 7.46. The van der Waals surface area contributed by atoms with Gasteiger partial charge in [-0.05, 0) is 56.8 Å². The number of carbonyl (C=O) groups is 1. The molecule has 2 heterocycles. The van der Waals surface area contributed by atoms with Gasteiger partial charge in [0.1, 0.15) is 0 Å². The number of morpholine rings is 1. The molecule has 0 aromatic heterocycles. The van der Waals surface area contributed by atoms with Crippen LogP contribution < -0.4 is 5.32 Å². The Morgan fingerprint density at radius 1 is 1.07 bits per heavy atom. The zero-order valence-electron chi connectivity index (χ0n) is 16.6. The predicted molar refractivity (Wildman–Crippen MR) is 117 cm³/mol. The largest absolute Gasteiger partial charge is 0.378 e. The SMILES string of the molecule is CCNC(=NCC1(C2CC2)CC1)N1CCC(C(=O)N2CCOCC2)CC1.I. The molecule has 6 nitrogen and oxygen atoms in total. The Bertz CT molecular complexity index is 534. The molecule has 0 aromatic carbocycles. The number of hydrogen-bond donors (Lipinski definition) is 1. The fraction of sp³-hybridized carbons (Fsp3) is 0.900. The van der Waals surface area contributed by atoms with Crippen LogP contribution in [0.3, 0.4) is 0 Å². The van der Waals surface area contributed by atoms with Crippen LogP contribution in [0.1, 0.15) is 45.4 Å². The fourth-order valence-corrected chi connectivity index (χ4v) is 4.59. The van der Waals surface area contributed by atoms with Crippen LogP contribution >= 0.6 is 24.0 Å². The second-order valence-electron chi connectivity index (χ2n) is 8.51. The molecule has 1 N–H and O–H groups in total. The van der Waals surface area contributed by atoms with Gasteiger partial charge in [0.05, 0.1) is 13.2 Å². The number of aliphatic imine (C=N–C) groups is 1. The Morgan fingerprint density at radius 3 is 2.30 bits per heavy atom. The van der Waals surface area contributed by atoms with E-state index in [4.69, 9.17) is 9.73 Å². The molecule has 2 saturated heterocycles. The van der Waals surface area contributed by atoms with Crippen molar-refractivity contribution in [1.82, 2.24) is 15.1 Å². The maximum atomic E-state index is 12.7. The summed E-state index contributed by atoms with van der Waals surface area (Å²) in [6, 6.07) is 0. The molecule has 0 bridgehead atoms. The summed E-state index contributed by atoms with van der Waals surface area (Å²) >= 11 is 0. The number of likely N-dealkylation sites (tertiary alicyclic amines) is 1. The Labute approximate surface area is 180 Å². The molecule has 4 fully saturated rings. The molecular formula is C20H35IN4O2. The Balaban J connectivity index is 0.00000210. The van der Waals surface area contributed by atoms with E-state index in [2.05, 4.69) is 17.1 Å². The lowest BCUT2D eigenvalue weighted by molar-refractivity contribution is -0.140. The van der Waals surface area contributed by atoms with Crippen molar-refractivity contribution in [3.8, 4) is 0 Å². The van der Waals surface area contributed by atoms with Crippen molar-refractivity contribution in [3.63, 3.8) is 0 Å². The quantitative estimate of drug-likeness (QED) is 0.365. The lowest BCUT2D eigenvalue weighted by Crippen LogP contribution is -2.50. The Kier molecular flexibility index (Phi) is 7.27. The minimum Gasteiger partial charge on any atom is -0.378 e. The zero-order chi connectivity index (χ0) is 18.0. The van der Waals surface area contributed by atoms with Crippen molar-refractivity contribution in [2.45, 2.75) is 45.4 Å². The van der Waals surface area contributed by atoms with Gasteiger partial charge >= 0.3 is 0 Å². The summed E-state index contributed by atoms with van der Waals surface area (Å²) in [4.78, 5) is 22.1. The number of ether oxygens (including phenoxy) is 1. The van der Waals surface area contributed by atoms with Crippen molar-refractivity contribution in [1.29, 1.82) is 0 Å². The molecule has 2 saturated carbocycles. The number of piperidine rings is 1. The highest BCUT2D eigenvalue weighted by Gasteiger charge is 2.53. The van der Waals surface area contributed by atoms with Gasteiger partial charge in [-0.15, -0.1) is 24.0 Å². The van der Waals surface area contributed by atoms with Gasteiger partial charge in [-0.2, -0.15) is 0 Å². The molecule has 0 unspecified atom stereocenters. The first-order valence-electron chi connectivity index (χ1n) is 10.6. The van der Waals surface area contributed by atoms with Crippen LogP contribution in [-0.2, 0) is 9.53 Å². The van der Waals surface area contributed by atoms with Gasteiger partial charge < -0.3 is 19.9 Å². The zero-order valence-corrected chi connectivity index (χ0v) is 19.0. The molecule has 7 heteroatoms. The monoisotopic (exact) mass is 490 g/mol. The van der Waals surface area contributed by atoms with E-state index in [1.165, 1.54) is 25.7 Å². The minimum atomic E-state index is 0.